The van der Waals surface area contributed by atoms with Crippen LogP contribution in [0.15, 0.2) is 4.99 Å². The zero-order valence-corrected chi connectivity index (χ0v) is 18.5. The van der Waals surface area contributed by atoms with E-state index in [9.17, 15) is 8.42 Å². The van der Waals surface area contributed by atoms with Crippen molar-refractivity contribution in [2.45, 2.75) is 39.7 Å². The molecule has 1 fully saturated rings. The van der Waals surface area contributed by atoms with Crippen molar-refractivity contribution < 1.29 is 8.42 Å². The number of hydrogen-bond acceptors (Lipinski definition) is 5. The fourth-order valence-electron chi connectivity index (χ4n) is 2.91. The Labute approximate surface area is 164 Å². The molecule has 0 aliphatic carbocycles. The first-order valence-electron chi connectivity index (χ1n) is 9.68. The van der Waals surface area contributed by atoms with Gasteiger partial charge in [0.1, 0.15) is 0 Å². The Bertz CT molecular complexity index is 503. The number of hydrogen-bond donors (Lipinski definition) is 2. The van der Waals surface area contributed by atoms with Gasteiger partial charge in [-0.2, -0.15) is 11.8 Å². The number of nitrogens with zero attached hydrogens (tertiary/aromatic N) is 3. The van der Waals surface area contributed by atoms with Gasteiger partial charge in [0.15, 0.2) is 5.96 Å². The van der Waals surface area contributed by atoms with Crippen LogP contribution in [0.25, 0.3) is 0 Å². The molecule has 0 bridgehead atoms. The zero-order valence-electron chi connectivity index (χ0n) is 16.8. The first kappa shape index (κ1) is 23.5. The SMILES string of the molecule is CCN(CC)CCCC(C)NC(=NC)NCCS(=O)(=O)N1CCSCC1. The average molecular weight is 408 g/mol. The summed E-state index contributed by atoms with van der Waals surface area (Å²) in [5.41, 5.74) is 0. The maximum Gasteiger partial charge on any atom is 0.215 e. The zero-order chi connectivity index (χ0) is 19.4. The molecule has 2 N–H and O–H groups in total. The van der Waals surface area contributed by atoms with E-state index in [2.05, 4.69) is 41.3 Å². The van der Waals surface area contributed by atoms with Crippen LogP contribution in [-0.4, -0.2) is 93.2 Å². The lowest BCUT2D eigenvalue weighted by Crippen LogP contribution is -2.46. The van der Waals surface area contributed by atoms with Gasteiger partial charge in [0.2, 0.25) is 10.0 Å². The van der Waals surface area contributed by atoms with Crippen LogP contribution in [0.4, 0.5) is 0 Å². The van der Waals surface area contributed by atoms with Gasteiger partial charge in [0, 0.05) is 44.2 Å². The van der Waals surface area contributed by atoms with Gasteiger partial charge >= 0.3 is 0 Å². The standard InChI is InChI=1S/C17H37N5O2S2/c1-5-21(6-2)10-7-8-16(3)20-17(18-4)19-9-15-26(23,24)22-11-13-25-14-12-22/h16H,5-15H2,1-4H3,(H2,18,19,20). The third kappa shape index (κ3) is 8.92. The summed E-state index contributed by atoms with van der Waals surface area (Å²) in [6, 6.07) is 0.299. The molecule has 0 aromatic heterocycles. The van der Waals surface area contributed by atoms with Gasteiger partial charge in [0.05, 0.1) is 5.75 Å². The second-order valence-electron chi connectivity index (χ2n) is 6.54. The molecule has 1 aliphatic rings. The smallest absolute Gasteiger partial charge is 0.215 e. The summed E-state index contributed by atoms with van der Waals surface area (Å²) < 4.78 is 26.3. The van der Waals surface area contributed by atoms with Gasteiger partial charge in [0.25, 0.3) is 0 Å². The largest absolute Gasteiger partial charge is 0.355 e. The molecule has 154 valence electrons. The molecule has 1 rings (SSSR count). The van der Waals surface area contributed by atoms with Crippen molar-refractivity contribution in [3.63, 3.8) is 0 Å². The first-order chi connectivity index (χ1) is 12.4. The van der Waals surface area contributed by atoms with Crippen LogP contribution in [0.3, 0.4) is 0 Å². The third-order valence-corrected chi connectivity index (χ3v) is 7.44. The number of aliphatic imine (C=N–C) groups is 1. The minimum atomic E-state index is -3.18. The Balaban J connectivity index is 2.29. The molecule has 0 amide bonds. The Morgan fingerprint density at radius 2 is 1.92 bits per heavy atom. The molecular weight excluding hydrogens is 370 g/mol. The molecule has 7 nitrogen and oxygen atoms in total. The minimum Gasteiger partial charge on any atom is -0.355 e. The molecule has 0 aromatic rings. The van der Waals surface area contributed by atoms with Gasteiger partial charge in [-0.25, -0.2) is 12.7 Å². The molecule has 0 radical (unpaired) electrons. The Morgan fingerprint density at radius 1 is 1.27 bits per heavy atom. The van der Waals surface area contributed by atoms with E-state index in [1.165, 1.54) is 0 Å². The molecule has 0 spiro atoms. The Kier molecular flexibility index (Phi) is 11.6. The van der Waals surface area contributed by atoms with Crippen LogP contribution in [-0.2, 0) is 10.0 Å². The second kappa shape index (κ2) is 12.8. The van der Waals surface area contributed by atoms with Gasteiger partial charge < -0.3 is 15.5 Å². The number of rotatable bonds is 11. The predicted molar refractivity (Wildman–Crippen MR) is 114 cm³/mol. The average Bonchev–Trinajstić information content (AvgIpc) is 2.65. The fraction of sp³-hybridized carbons (Fsp3) is 0.941. The molecule has 0 saturated carbocycles. The van der Waals surface area contributed by atoms with E-state index >= 15 is 0 Å². The van der Waals surface area contributed by atoms with Crippen molar-refractivity contribution in [1.29, 1.82) is 0 Å². The van der Waals surface area contributed by atoms with Crippen LogP contribution in [0.2, 0.25) is 0 Å². The summed E-state index contributed by atoms with van der Waals surface area (Å²) in [6.07, 6.45) is 2.19. The van der Waals surface area contributed by atoms with Gasteiger partial charge in [-0.3, -0.25) is 4.99 Å². The van der Waals surface area contributed by atoms with E-state index in [4.69, 9.17) is 0 Å². The lowest BCUT2D eigenvalue weighted by atomic mass is 10.2. The summed E-state index contributed by atoms with van der Waals surface area (Å²) in [4.78, 5) is 6.63. The van der Waals surface area contributed by atoms with E-state index in [1.54, 1.807) is 11.4 Å². The van der Waals surface area contributed by atoms with Crippen LogP contribution in [0.5, 0.6) is 0 Å². The van der Waals surface area contributed by atoms with Crippen LogP contribution in [0, 0.1) is 0 Å². The van der Waals surface area contributed by atoms with Crippen molar-refractivity contribution in [1.82, 2.24) is 19.8 Å². The molecule has 1 aliphatic heterocycles. The molecule has 1 atom stereocenters. The highest BCUT2D eigenvalue weighted by molar-refractivity contribution is 7.99. The molecule has 0 aromatic carbocycles. The Morgan fingerprint density at radius 3 is 2.50 bits per heavy atom. The van der Waals surface area contributed by atoms with Crippen molar-refractivity contribution in [2.24, 2.45) is 4.99 Å². The third-order valence-electron chi connectivity index (χ3n) is 4.63. The van der Waals surface area contributed by atoms with Crippen molar-refractivity contribution in [3.05, 3.63) is 0 Å². The molecule has 1 saturated heterocycles. The van der Waals surface area contributed by atoms with Crippen LogP contribution >= 0.6 is 11.8 Å². The number of sulfonamides is 1. The van der Waals surface area contributed by atoms with Crippen molar-refractivity contribution >= 4 is 27.7 Å². The van der Waals surface area contributed by atoms with E-state index in [0.717, 1.165) is 44.0 Å². The van der Waals surface area contributed by atoms with E-state index in [1.807, 2.05) is 11.8 Å². The summed E-state index contributed by atoms with van der Waals surface area (Å²) in [5, 5.41) is 6.49. The summed E-state index contributed by atoms with van der Waals surface area (Å²) >= 11 is 1.81. The predicted octanol–water partition coefficient (Wildman–Crippen LogP) is 1.04. The molecular formula is C17H37N5O2S2. The maximum absolute atomic E-state index is 12.4. The minimum absolute atomic E-state index is 0.106. The first-order valence-corrected chi connectivity index (χ1v) is 12.4. The van der Waals surface area contributed by atoms with E-state index in [-0.39, 0.29) is 5.75 Å². The molecule has 9 heteroatoms. The second-order valence-corrected chi connectivity index (χ2v) is 9.85. The number of thioether (sulfide) groups is 1. The summed E-state index contributed by atoms with van der Waals surface area (Å²) in [6.45, 7) is 11.4. The van der Waals surface area contributed by atoms with Gasteiger partial charge in [-0.15, -0.1) is 0 Å². The summed E-state index contributed by atoms with van der Waals surface area (Å²) in [7, 11) is -1.46. The lowest BCUT2D eigenvalue weighted by Gasteiger charge is -2.26. The van der Waals surface area contributed by atoms with Crippen molar-refractivity contribution in [3.8, 4) is 0 Å². The quantitative estimate of drug-likeness (QED) is 0.394. The van der Waals surface area contributed by atoms with Gasteiger partial charge in [-0.1, -0.05) is 13.8 Å². The van der Waals surface area contributed by atoms with Crippen LogP contribution in [0.1, 0.15) is 33.6 Å². The normalized spacial score (nSPS) is 18.1. The van der Waals surface area contributed by atoms with Gasteiger partial charge in [-0.05, 0) is 39.4 Å². The highest BCUT2D eigenvalue weighted by atomic mass is 32.2. The monoisotopic (exact) mass is 407 g/mol. The maximum atomic E-state index is 12.4. The number of nitrogens with one attached hydrogen (secondary N) is 2. The molecule has 26 heavy (non-hydrogen) atoms. The number of guanidine groups is 1. The lowest BCUT2D eigenvalue weighted by molar-refractivity contribution is 0.292. The summed E-state index contributed by atoms with van der Waals surface area (Å²) in [5.74, 6) is 2.56. The highest BCUT2D eigenvalue weighted by Gasteiger charge is 2.23. The van der Waals surface area contributed by atoms with Crippen molar-refractivity contribution in [2.75, 3.05) is 63.6 Å². The Hall–Kier alpha value is -0.510. The molecule has 1 heterocycles. The van der Waals surface area contributed by atoms with Crippen LogP contribution < -0.4 is 10.6 Å². The van der Waals surface area contributed by atoms with E-state index in [0.29, 0.717) is 31.6 Å². The van der Waals surface area contributed by atoms with E-state index < -0.39 is 10.0 Å². The highest BCUT2D eigenvalue weighted by Crippen LogP contribution is 2.12. The topological polar surface area (TPSA) is 77.0 Å². The fourth-order valence-corrected chi connectivity index (χ4v) is 5.40. The molecule has 1 unspecified atom stereocenters.